The number of hydrogen-bond donors (Lipinski definition) is 0. The van der Waals surface area contributed by atoms with Gasteiger partial charge in [-0.05, 0) is 23.0 Å². The van der Waals surface area contributed by atoms with Crippen molar-refractivity contribution in [1.29, 1.82) is 0 Å². The smallest absolute Gasteiger partial charge is 0.0502 e. The largest absolute Gasteiger partial charge is 0.384 e. The summed E-state index contributed by atoms with van der Waals surface area (Å²) in [6.07, 6.45) is 1.00. The average Bonchev–Trinajstić information content (AvgIpc) is 2.14. The van der Waals surface area contributed by atoms with Crippen LogP contribution in [0.2, 0.25) is 0 Å². The first-order valence-electron chi connectivity index (χ1n) is 5.12. The van der Waals surface area contributed by atoms with Crippen molar-refractivity contribution in [3.8, 4) is 0 Å². The number of benzene rings is 1. The first-order valence-corrected chi connectivity index (χ1v) is 5.12. The molecule has 0 aliphatic rings. The minimum atomic E-state index is 0.239. The molecule has 0 unspecified atom stereocenters. The Morgan fingerprint density at radius 2 is 1.93 bits per heavy atom. The monoisotopic (exact) mass is 192 g/mol. The highest BCUT2D eigenvalue weighted by Gasteiger charge is 2.13. The van der Waals surface area contributed by atoms with Crippen molar-refractivity contribution in [2.75, 3.05) is 13.7 Å². The lowest BCUT2D eigenvalue weighted by atomic mass is 9.86. The van der Waals surface area contributed by atoms with Crippen molar-refractivity contribution in [1.82, 2.24) is 0 Å². The fourth-order valence-electron chi connectivity index (χ4n) is 1.41. The third-order valence-electron chi connectivity index (χ3n) is 2.39. The van der Waals surface area contributed by atoms with E-state index in [2.05, 4.69) is 45.0 Å². The molecule has 1 rings (SSSR count). The molecule has 1 aromatic rings. The van der Waals surface area contributed by atoms with Crippen LogP contribution >= 0.6 is 0 Å². The Morgan fingerprint density at radius 3 is 2.50 bits per heavy atom. The normalized spacial score (nSPS) is 11.7. The first kappa shape index (κ1) is 11.3. The third kappa shape index (κ3) is 3.15. The maximum Gasteiger partial charge on any atom is 0.0502 e. The van der Waals surface area contributed by atoms with E-state index in [-0.39, 0.29) is 5.41 Å². The second-order valence-corrected chi connectivity index (χ2v) is 4.69. The van der Waals surface area contributed by atoms with Crippen LogP contribution in [-0.2, 0) is 16.6 Å². The molecule has 0 radical (unpaired) electrons. The Hall–Kier alpha value is -0.820. The lowest BCUT2D eigenvalue weighted by molar-refractivity contribution is 0.202. The molecule has 0 saturated heterocycles. The number of rotatable bonds is 3. The van der Waals surface area contributed by atoms with Crippen LogP contribution in [0, 0.1) is 0 Å². The molecule has 0 N–H and O–H groups in total. The summed E-state index contributed by atoms with van der Waals surface area (Å²) in [5.74, 6) is 0. The van der Waals surface area contributed by atoms with E-state index in [4.69, 9.17) is 4.74 Å². The predicted octanol–water partition coefficient (Wildman–Crippen LogP) is 3.17. The van der Waals surface area contributed by atoms with Gasteiger partial charge in [-0.2, -0.15) is 0 Å². The van der Waals surface area contributed by atoms with Gasteiger partial charge in [0.15, 0.2) is 0 Å². The molecule has 0 fully saturated rings. The van der Waals surface area contributed by atoms with Crippen LogP contribution < -0.4 is 0 Å². The lowest BCUT2D eigenvalue weighted by Gasteiger charge is -2.19. The summed E-state index contributed by atoms with van der Waals surface area (Å²) < 4.78 is 5.07. The van der Waals surface area contributed by atoms with E-state index in [9.17, 15) is 0 Å². The first-order chi connectivity index (χ1) is 6.54. The Morgan fingerprint density at radius 1 is 1.21 bits per heavy atom. The fraction of sp³-hybridized carbons (Fsp3) is 0.538. The minimum Gasteiger partial charge on any atom is -0.384 e. The van der Waals surface area contributed by atoms with Gasteiger partial charge in [-0.25, -0.2) is 0 Å². The van der Waals surface area contributed by atoms with Crippen LogP contribution in [0.5, 0.6) is 0 Å². The standard InChI is InChI=1S/C13H20O/c1-13(2,3)12-7-5-6-11(10-12)8-9-14-4/h5-7,10H,8-9H2,1-4H3. The van der Waals surface area contributed by atoms with Gasteiger partial charge < -0.3 is 4.74 Å². The molecule has 0 heterocycles. The van der Waals surface area contributed by atoms with Crippen LogP contribution in [0.25, 0.3) is 0 Å². The van der Waals surface area contributed by atoms with E-state index in [0.29, 0.717) is 0 Å². The average molecular weight is 192 g/mol. The molecule has 0 amide bonds. The van der Waals surface area contributed by atoms with Gasteiger partial charge in [0.05, 0.1) is 6.61 Å². The molecule has 14 heavy (non-hydrogen) atoms. The van der Waals surface area contributed by atoms with Gasteiger partial charge in [-0.3, -0.25) is 0 Å². The zero-order valence-corrected chi connectivity index (χ0v) is 9.63. The topological polar surface area (TPSA) is 9.23 Å². The van der Waals surface area contributed by atoms with E-state index < -0.39 is 0 Å². The Kier molecular flexibility index (Phi) is 3.70. The highest BCUT2D eigenvalue weighted by atomic mass is 16.5. The molecule has 0 spiro atoms. The van der Waals surface area contributed by atoms with Gasteiger partial charge in [0.2, 0.25) is 0 Å². The fourth-order valence-corrected chi connectivity index (χ4v) is 1.41. The van der Waals surface area contributed by atoms with E-state index in [1.54, 1.807) is 7.11 Å². The van der Waals surface area contributed by atoms with Gasteiger partial charge in [-0.1, -0.05) is 45.0 Å². The molecule has 1 nitrogen and oxygen atoms in total. The molecule has 78 valence electrons. The lowest BCUT2D eigenvalue weighted by Crippen LogP contribution is -2.11. The van der Waals surface area contributed by atoms with Crippen molar-refractivity contribution < 1.29 is 4.74 Å². The van der Waals surface area contributed by atoms with E-state index in [1.165, 1.54) is 11.1 Å². The third-order valence-corrected chi connectivity index (χ3v) is 2.39. The van der Waals surface area contributed by atoms with Crippen LogP contribution in [-0.4, -0.2) is 13.7 Å². The summed E-state index contributed by atoms with van der Waals surface area (Å²) in [7, 11) is 1.74. The summed E-state index contributed by atoms with van der Waals surface area (Å²) in [6, 6.07) is 8.76. The molecule has 1 heteroatoms. The predicted molar refractivity (Wildman–Crippen MR) is 60.7 cm³/mol. The number of hydrogen-bond acceptors (Lipinski definition) is 1. The molecule has 1 aromatic carbocycles. The summed E-state index contributed by atoms with van der Waals surface area (Å²) in [6.45, 7) is 7.51. The van der Waals surface area contributed by atoms with Crippen LogP contribution in [0.3, 0.4) is 0 Å². The maximum absolute atomic E-state index is 5.07. The molecule has 0 aliphatic heterocycles. The Balaban J connectivity index is 2.79. The zero-order chi connectivity index (χ0) is 10.6. The molecule has 0 bridgehead atoms. The van der Waals surface area contributed by atoms with Gasteiger partial charge in [-0.15, -0.1) is 0 Å². The van der Waals surface area contributed by atoms with Crippen molar-refractivity contribution in [3.63, 3.8) is 0 Å². The SMILES string of the molecule is COCCc1cccc(C(C)(C)C)c1. The molecule has 0 atom stereocenters. The quantitative estimate of drug-likeness (QED) is 0.714. The van der Waals surface area contributed by atoms with Crippen molar-refractivity contribution in [3.05, 3.63) is 35.4 Å². The van der Waals surface area contributed by atoms with Crippen LogP contribution in [0.15, 0.2) is 24.3 Å². The Labute approximate surface area is 87.1 Å². The minimum absolute atomic E-state index is 0.239. The highest BCUT2D eigenvalue weighted by molar-refractivity contribution is 5.28. The number of methoxy groups -OCH3 is 1. The summed E-state index contributed by atoms with van der Waals surface area (Å²) in [4.78, 5) is 0. The zero-order valence-electron chi connectivity index (χ0n) is 9.63. The molecule has 0 aromatic heterocycles. The van der Waals surface area contributed by atoms with E-state index in [0.717, 1.165) is 13.0 Å². The second-order valence-electron chi connectivity index (χ2n) is 4.69. The molecule has 0 aliphatic carbocycles. The van der Waals surface area contributed by atoms with Crippen molar-refractivity contribution in [2.45, 2.75) is 32.6 Å². The van der Waals surface area contributed by atoms with Gasteiger partial charge in [0, 0.05) is 7.11 Å². The van der Waals surface area contributed by atoms with E-state index in [1.807, 2.05) is 0 Å². The molecular weight excluding hydrogens is 172 g/mol. The highest BCUT2D eigenvalue weighted by Crippen LogP contribution is 2.22. The molecule has 0 saturated carbocycles. The van der Waals surface area contributed by atoms with Crippen molar-refractivity contribution >= 4 is 0 Å². The van der Waals surface area contributed by atoms with Gasteiger partial charge >= 0.3 is 0 Å². The van der Waals surface area contributed by atoms with Crippen molar-refractivity contribution in [2.24, 2.45) is 0 Å². The maximum atomic E-state index is 5.07. The van der Waals surface area contributed by atoms with Gasteiger partial charge in [0.1, 0.15) is 0 Å². The summed E-state index contributed by atoms with van der Waals surface area (Å²) >= 11 is 0. The van der Waals surface area contributed by atoms with Crippen LogP contribution in [0.4, 0.5) is 0 Å². The Bertz CT molecular complexity index is 284. The second kappa shape index (κ2) is 4.61. The number of ether oxygens (including phenoxy) is 1. The molecular formula is C13H20O. The summed E-state index contributed by atoms with van der Waals surface area (Å²) in [5, 5.41) is 0. The van der Waals surface area contributed by atoms with E-state index >= 15 is 0 Å². The summed E-state index contributed by atoms with van der Waals surface area (Å²) in [5.41, 5.74) is 2.99. The van der Waals surface area contributed by atoms with Crippen LogP contribution in [0.1, 0.15) is 31.9 Å². The van der Waals surface area contributed by atoms with Gasteiger partial charge in [0.25, 0.3) is 0 Å².